The van der Waals surface area contributed by atoms with Gasteiger partial charge in [0.15, 0.2) is 7.14 Å². The Morgan fingerprint density at radius 3 is 1.61 bits per heavy atom. The average Bonchev–Trinajstić information content (AvgIpc) is 2.84. The molecule has 1 aliphatic rings. The van der Waals surface area contributed by atoms with E-state index in [1.807, 2.05) is 72.8 Å². The molecule has 1 aliphatic heterocycles. The summed E-state index contributed by atoms with van der Waals surface area (Å²) < 4.78 is 15.1. The normalized spacial score (nSPS) is 19.0. The summed E-state index contributed by atoms with van der Waals surface area (Å²) in [5.74, 6) is 0.163. The number of benzene rings is 4. The molecule has 1 heterocycles. The molecule has 0 spiro atoms. The molecule has 0 saturated carbocycles. The van der Waals surface area contributed by atoms with Gasteiger partial charge in [-0.25, -0.2) is 0 Å². The fourth-order valence-electron chi connectivity index (χ4n) is 4.76. The minimum absolute atomic E-state index is 0.0695. The molecule has 0 unspecified atom stereocenters. The predicted octanol–water partition coefficient (Wildman–Crippen LogP) is 5.63. The van der Waals surface area contributed by atoms with Gasteiger partial charge in [0.1, 0.15) is 0 Å². The summed E-state index contributed by atoms with van der Waals surface area (Å²) in [6.45, 7) is 1.71. The van der Waals surface area contributed by atoms with Crippen molar-refractivity contribution in [2.24, 2.45) is 0 Å². The molecule has 5 rings (SSSR count). The first-order valence-electron chi connectivity index (χ1n) is 10.8. The van der Waals surface area contributed by atoms with E-state index in [2.05, 4.69) is 53.4 Å². The van der Waals surface area contributed by atoms with E-state index in [9.17, 15) is 0 Å². The summed E-state index contributed by atoms with van der Waals surface area (Å²) in [6.07, 6.45) is 0. The van der Waals surface area contributed by atoms with Gasteiger partial charge in [-0.15, -0.1) is 0 Å². The van der Waals surface area contributed by atoms with E-state index in [0.29, 0.717) is 0 Å². The fraction of sp³-hybridized carbons (Fsp3) is 0.143. The van der Waals surface area contributed by atoms with Crippen LogP contribution in [0.25, 0.3) is 0 Å². The van der Waals surface area contributed by atoms with Gasteiger partial charge >= 0.3 is 0 Å². The third-order valence-corrected chi connectivity index (χ3v) is 9.84. The molecule has 4 aromatic rings. The molecule has 0 N–H and O–H groups in total. The van der Waals surface area contributed by atoms with E-state index in [4.69, 9.17) is 0 Å². The van der Waals surface area contributed by atoms with Crippen LogP contribution in [0.2, 0.25) is 0 Å². The summed E-state index contributed by atoms with van der Waals surface area (Å²) in [6, 6.07) is 41.2. The van der Waals surface area contributed by atoms with Gasteiger partial charge in [0, 0.05) is 29.6 Å². The average molecular weight is 423 g/mol. The number of hydrogen-bond donors (Lipinski definition) is 0. The highest BCUT2D eigenvalue weighted by Gasteiger charge is 2.51. The first-order valence-corrected chi connectivity index (χ1v) is 12.6. The van der Waals surface area contributed by atoms with E-state index < -0.39 is 7.14 Å². The number of nitrogens with zero attached hydrogens (tertiary/aromatic N) is 1. The Bertz CT molecular complexity index is 1120. The second-order valence-corrected chi connectivity index (χ2v) is 11.1. The van der Waals surface area contributed by atoms with Crippen LogP contribution in [-0.2, 0) is 11.1 Å². The maximum atomic E-state index is 15.1. The predicted molar refractivity (Wildman–Crippen MR) is 130 cm³/mol. The number of hydrogen-bond acceptors (Lipinski definition) is 2. The zero-order valence-electron chi connectivity index (χ0n) is 17.4. The summed E-state index contributed by atoms with van der Waals surface area (Å²) >= 11 is 0. The molecule has 31 heavy (non-hydrogen) atoms. The van der Waals surface area contributed by atoms with Crippen LogP contribution in [0, 0.1) is 0 Å². The van der Waals surface area contributed by atoms with Crippen LogP contribution in [0.5, 0.6) is 0 Å². The lowest BCUT2D eigenvalue weighted by Crippen LogP contribution is -2.56. The first kappa shape index (κ1) is 20.0. The third-order valence-electron chi connectivity index (χ3n) is 6.27. The maximum Gasteiger partial charge on any atom is 0.160 e. The Hall–Kier alpha value is -2.93. The minimum atomic E-state index is -2.92. The fourth-order valence-corrected chi connectivity index (χ4v) is 8.31. The maximum absolute atomic E-state index is 15.1. The molecule has 0 aliphatic carbocycles. The lowest BCUT2D eigenvalue weighted by atomic mass is 9.90. The summed E-state index contributed by atoms with van der Waals surface area (Å²) in [5.41, 5.74) is 2.52. The minimum Gasteiger partial charge on any atom is -0.312 e. The lowest BCUT2D eigenvalue weighted by Gasteiger charge is -2.52. The van der Waals surface area contributed by atoms with Crippen LogP contribution < -0.4 is 10.6 Å². The zero-order valence-corrected chi connectivity index (χ0v) is 18.3. The van der Waals surface area contributed by atoms with Crippen molar-refractivity contribution in [3.05, 3.63) is 132 Å². The van der Waals surface area contributed by atoms with E-state index >= 15 is 4.57 Å². The quantitative estimate of drug-likeness (QED) is 0.375. The molecule has 3 heteroatoms. The summed E-state index contributed by atoms with van der Waals surface area (Å²) in [4.78, 5) is 2.41. The molecule has 1 saturated heterocycles. The van der Waals surface area contributed by atoms with E-state index in [-0.39, 0.29) is 11.7 Å². The van der Waals surface area contributed by atoms with Crippen molar-refractivity contribution in [1.29, 1.82) is 0 Å². The third kappa shape index (κ3) is 3.78. The van der Waals surface area contributed by atoms with E-state index in [1.54, 1.807) is 0 Å². The highest BCUT2D eigenvalue weighted by atomic mass is 31.2. The molecule has 4 aromatic carbocycles. The standard InChI is InChI=1S/C28H26NOP/c30-31(25-17-9-3-10-18-25,26-19-11-4-12-20-26)28-27(24-15-7-2-8-16-24)22-29(28)21-23-13-5-1-6-14-23/h1-20,27-28H,21-22H2/t27-,28-/m1/s1. The first-order chi connectivity index (χ1) is 15.3. The van der Waals surface area contributed by atoms with Crippen molar-refractivity contribution in [2.75, 3.05) is 6.54 Å². The van der Waals surface area contributed by atoms with Gasteiger partial charge in [0.2, 0.25) is 0 Å². The van der Waals surface area contributed by atoms with Crippen molar-refractivity contribution < 1.29 is 4.57 Å². The van der Waals surface area contributed by atoms with Crippen LogP contribution in [0.15, 0.2) is 121 Å². The molecule has 0 radical (unpaired) electrons. The monoisotopic (exact) mass is 423 g/mol. The van der Waals surface area contributed by atoms with Gasteiger partial charge in [-0.1, -0.05) is 121 Å². The highest BCUT2D eigenvalue weighted by molar-refractivity contribution is 7.79. The van der Waals surface area contributed by atoms with Crippen molar-refractivity contribution >= 4 is 17.8 Å². The van der Waals surface area contributed by atoms with Crippen molar-refractivity contribution in [2.45, 2.75) is 18.2 Å². The zero-order chi connectivity index (χ0) is 21.1. The second-order valence-electron chi connectivity index (χ2n) is 8.17. The summed E-state index contributed by atoms with van der Waals surface area (Å²) in [7, 11) is -2.92. The Kier molecular flexibility index (Phi) is 5.59. The van der Waals surface area contributed by atoms with Gasteiger partial charge in [0.05, 0.1) is 5.78 Å². The largest absolute Gasteiger partial charge is 0.312 e. The highest BCUT2D eigenvalue weighted by Crippen LogP contribution is 2.59. The van der Waals surface area contributed by atoms with Crippen molar-refractivity contribution in [3.63, 3.8) is 0 Å². The Morgan fingerprint density at radius 1 is 0.645 bits per heavy atom. The van der Waals surface area contributed by atoms with Crippen LogP contribution in [-0.4, -0.2) is 17.2 Å². The van der Waals surface area contributed by atoms with E-state index in [0.717, 1.165) is 23.7 Å². The molecule has 2 atom stereocenters. The molecule has 1 fully saturated rings. The molecule has 154 valence electrons. The van der Waals surface area contributed by atoms with E-state index in [1.165, 1.54) is 11.1 Å². The SMILES string of the molecule is O=P(c1ccccc1)(c1ccccc1)[C@@H]1[C@@H](c2ccccc2)CN1Cc1ccccc1. The summed E-state index contributed by atoms with van der Waals surface area (Å²) in [5, 5.41) is 1.87. The van der Waals surface area contributed by atoms with Crippen LogP contribution in [0.1, 0.15) is 17.0 Å². The Morgan fingerprint density at radius 2 is 1.10 bits per heavy atom. The van der Waals surface area contributed by atoms with Gasteiger partial charge in [-0.05, 0) is 11.1 Å². The van der Waals surface area contributed by atoms with Gasteiger partial charge in [0.25, 0.3) is 0 Å². The number of likely N-dealkylation sites (tertiary alicyclic amines) is 1. The van der Waals surface area contributed by atoms with Crippen molar-refractivity contribution in [1.82, 2.24) is 4.90 Å². The van der Waals surface area contributed by atoms with Gasteiger partial charge in [-0.2, -0.15) is 0 Å². The Labute approximate surface area is 184 Å². The molecular formula is C28H26NOP. The van der Waals surface area contributed by atoms with Gasteiger partial charge in [-0.3, -0.25) is 4.90 Å². The molecule has 0 aromatic heterocycles. The molecule has 2 nitrogen and oxygen atoms in total. The van der Waals surface area contributed by atoms with Crippen LogP contribution in [0.3, 0.4) is 0 Å². The molecule has 0 amide bonds. The van der Waals surface area contributed by atoms with Crippen LogP contribution >= 0.6 is 7.14 Å². The molecule has 0 bridgehead atoms. The topological polar surface area (TPSA) is 20.3 Å². The van der Waals surface area contributed by atoms with Crippen molar-refractivity contribution in [3.8, 4) is 0 Å². The number of rotatable bonds is 6. The lowest BCUT2D eigenvalue weighted by molar-refractivity contribution is 0.106. The van der Waals surface area contributed by atoms with Gasteiger partial charge < -0.3 is 4.57 Å². The smallest absolute Gasteiger partial charge is 0.160 e. The Balaban J connectivity index is 1.63. The van der Waals surface area contributed by atoms with Crippen LogP contribution in [0.4, 0.5) is 0 Å². The molecular weight excluding hydrogens is 397 g/mol. The second kappa shape index (κ2) is 8.67.